The van der Waals surface area contributed by atoms with Gasteiger partial charge in [-0.05, 0) is 73.2 Å². The molecule has 0 spiro atoms. The van der Waals surface area contributed by atoms with Crippen LogP contribution in [0.4, 0.5) is 5.69 Å². The molecule has 2 aromatic heterocycles. The number of amides is 1. The Bertz CT molecular complexity index is 1440. The highest BCUT2D eigenvalue weighted by Crippen LogP contribution is 2.40. The molecule has 1 aliphatic rings. The van der Waals surface area contributed by atoms with Crippen molar-refractivity contribution >= 4 is 52.1 Å². The number of halogens is 2. The summed E-state index contributed by atoms with van der Waals surface area (Å²) in [5, 5.41) is 8.13. The van der Waals surface area contributed by atoms with Crippen molar-refractivity contribution < 1.29 is 4.79 Å². The van der Waals surface area contributed by atoms with E-state index in [0.717, 1.165) is 28.3 Å². The Hall–Kier alpha value is -3.39. The number of carbonyl (C=O) groups is 1. The van der Waals surface area contributed by atoms with Crippen LogP contribution in [0.25, 0.3) is 5.69 Å². The molecule has 2 atom stereocenters. The van der Waals surface area contributed by atoms with Crippen molar-refractivity contribution in [1.82, 2.24) is 19.8 Å². The fourth-order valence-electron chi connectivity index (χ4n) is 4.65. The molecular formula is C28H25Cl2N5OS. The summed E-state index contributed by atoms with van der Waals surface area (Å²) >= 11 is 18.5. The van der Waals surface area contributed by atoms with Crippen LogP contribution in [0.5, 0.6) is 0 Å². The standard InChI is InChI=1S/C28H25Cl2N5OS/c1-18-7-2-3-8-21(18)32-25(36)13-16-35-27(26(33-28(35)37)22-9-4-5-14-31-22)24-10-6-15-34(24)23-12-11-19(29)17-20(23)30/h2-12,14-15,17,26-27H,13,16H2,1H3,(H,32,36)(H,33,37). The first kappa shape index (κ1) is 25.3. The summed E-state index contributed by atoms with van der Waals surface area (Å²) in [6, 6.07) is 22.6. The van der Waals surface area contributed by atoms with Crippen molar-refractivity contribution in [3.63, 3.8) is 0 Å². The van der Waals surface area contributed by atoms with E-state index in [2.05, 4.69) is 20.5 Å². The van der Waals surface area contributed by atoms with Gasteiger partial charge in [0.1, 0.15) is 0 Å². The zero-order valence-corrected chi connectivity index (χ0v) is 22.4. The van der Waals surface area contributed by atoms with Crippen LogP contribution in [0, 0.1) is 6.92 Å². The number of hydrogen-bond acceptors (Lipinski definition) is 3. The van der Waals surface area contributed by atoms with Crippen LogP contribution in [0.3, 0.4) is 0 Å². The van der Waals surface area contributed by atoms with Crippen LogP contribution in [0.1, 0.15) is 35.5 Å². The topological polar surface area (TPSA) is 62.2 Å². The first-order chi connectivity index (χ1) is 17.9. The number of aryl methyl sites for hydroxylation is 1. The summed E-state index contributed by atoms with van der Waals surface area (Å²) in [5.74, 6) is -0.0757. The zero-order valence-electron chi connectivity index (χ0n) is 20.1. The fourth-order valence-corrected chi connectivity index (χ4v) is 5.48. The van der Waals surface area contributed by atoms with E-state index >= 15 is 0 Å². The van der Waals surface area contributed by atoms with Gasteiger partial charge < -0.3 is 20.1 Å². The molecule has 0 saturated carbocycles. The lowest BCUT2D eigenvalue weighted by Crippen LogP contribution is -2.33. The Labute approximate surface area is 231 Å². The van der Waals surface area contributed by atoms with Crippen molar-refractivity contribution in [2.24, 2.45) is 0 Å². The van der Waals surface area contributed by atoms with Gasteiger partial charge in [-0.25, -0.2) is 0 Å². The molecule has 37 heavy (non-hydrogen) atoms. The van der Waals surface area contributed by atoms with Gasteiger partial charge in [-0.2, -0.15) is 0 Å². The molecule has 4 aromatic rings. The lowest BCUT2D eigenvalue weighted by molar-refractivity contribution is -0.116. The first-order valence-electron chi connectivity index (χ1n) is 11.9. The van der Waals surface area contributed by atoms with Gasteiger partial charge in [-0.1, -0.05) is 47.5 Å². The van der Waals surface area contributed by atoms with E-state index in [-0.39, 0.29) is 24.4 Å². The third kappa shape index (κ3) is 5.34. The molecule has 0 radical (unpaired) electrons. The molecule has 0 bridgehead atoms. The molecule has 1 aliphatic heterocycles. The monoisotopic (exact) mass is 549 g/mol. The molecule has 188 valence electrons. The Morgan fingerprint density at radius 1 is 1.08 bits per heavy atom. The Kier molecular flexibility index (Phi) is 7.46. The van der Waals surface area contributed by atoms with Crippen molar-refractivity contribution in [2.45, 2.75) is 25.4 Å². The molecule has 2 N–H and O–H groups in total. The molecule has 1 amide bonds. The van der Waals surface area contributed by atoms with Crippen LogP contribution in [0.2, 0.25) is 10.0 Å². The van der Waals surface area contributed by atoms with Crippen molar-refractivity contribution in [3.05, 3.63) is 112 Å². The van der Waals surface area contributed by atoms with Gasteiger partial charge in [0.2, 0.25) is 5.91 Å². The third-order valence-corrected chi connectivity index (χ3v) is 7.34. The van der Waals surface area contributed by atoms with Gasteiger partial charge in [0.05, 0.1) is 28.5 Å². The van der Waals surface area contributed by atoms with Crippen LogP contribution in [0.15, 0.2) is 85.2 Å². The molecule has 1 fully saturated rings. The normalized spacial score (nSPS) is 17.1. The molecular weight excluding hydrogens is 525 g/mol. The predicted octanol–water partition coefficient (Wildman–Crippen LogP) is 6.49. The van der Waals surface area contributed by atoms with Gasteiger partial charge in [-0.3, -0.25) is 9.78 Å². The van der Waals surface area contributed by atoms with Crippen LogP contribution >= 0.6 is 35.4 Å². The lowest BCUT2D eigenvalue weighted by Gasteiger charge is -2.29. The molecule has 6 nitrogen and oxygen atoms in total. The van der Waals surface area contributed by atoms with Crippen LogP contribution < -0.4 is 10.6 Å². The number of nitrogens with one attached hydrogen (secondary N) is 2. The van der Waals surface area contributed by atoms with Crippen LogP contribution in [-0.4, -0.2) is 32.0 Å². The number of aromatic nitrogens is 2. The summed E-state index contributed by atoms with van der Waals surface area (Å²) in [4.78, 5) is 19.5. The third-order valence-electron chi connectivity index (χ3n) is 6.45. The van der Waals surface area contributed by atoms with Crippen molar-refractivity contribution in [2.75, 3.05) is 11.9 Å². The number of anilines is 1. The van der Waals surface area contributed by atoms with Gasteiger partial charge in [0.25, 0.3) is 0 Å². The van der Waals surface area contributed by atoms with Gasteiger partial charge >= 0.3 is 0 Å². The first-order valence-corrected chi connectivity index (χ1v) is 13.0. The number of nitrogens with zero attached hydrogens (tertiary/aromatic N) is 3. The Morgan fingerprint density at radius 3 is 2.65 bits per heavy atom. The van der Waals surface area contributed by atoms with E-state index in [1.807, 2.05) is 84.4 Å². The van der Waals surface area contributed by atoms with E-state index in [0.29, 0.717) is 21.7 Å². The molecule has 3 heterocycles. The number of pyridine rings is 1. The number of para-hydroxylation sites is 1. The summed E-state index contributed by atoms with van der Waals surface area (Å²) in [6.45, 7) is 2.40. The van der Waals surface area contributed by atoms with Crippen molar-refractivity contribution in [1.29, 1.82) is 0 Å². The highest BCUT2D eigenvalue weighted by atomic mass is 35.5. The molecule has 0 aliphatic carbocycles. The van der Waals surface area contributed by atoms with Gasteiger partial charge in [-0.15, -0.1) is 0 Å². The highest BCUT2D eigenvalue weighted by Gasteiger charge is 2.41. The van der Waals surface area contributed by atoms with E-state index in [9.17, 15) is 4.79 Å². The second-order valence-electron chi connectivity index (χ2n) is 8.83. The zero-order chi connectivity index (χ0) is 25.9. The molecule has 9 heteroatoms. The number of rotatable bonds is 7. The molecule has 5 rings (SSSR count). The summed E-state index contributed by atoms with van der Waals surface area (Å²) in [5.41, 5.74) is 4.45. The number of carbonyl (C=O) groups excluding carboxylic acids is 1. The minimum absolute atomic E-state index is 0.0757. The number of thiocarbonyl (C=S) groups is 1. The van der Waals surface area contributed by atoms with Crippen molar-refractivity contribution in [3.8, 4) is 5.69 Å². The number of benzene rings is 2. The Balaban J connectivity index is 1.46. The maximum Gasteiger partial charge on any atom is 0.226 e. The number of hydrogen-bond donors (Lipinski definition) is 2. The maximum atomic E-state index is 12.9. The average Bonchev–Trinajstić information content (AvgIpc) is 3.48. The smallest absolute Gasteiger partial charge is 0.226 e. The van der Waals surface area contributed by atoms with E-state index in [4.69, 9.17) is 35.4 Å². The SMILES string of the molecule is Cc1ccccc1NC(=O)CCN1C(=S)NC(c2ccccn2)C1c1cccn1-c1ccc(Cl)cc1Cl. The van der Waals surface area contributed by atoms with Crippen LogP contribution in [-0.2, 0) is 4.79 Å². The Morgan fingerprint density at radius 2 is 1.89 bits per heavy atom. The lowest BCUT2D eigenvalue weighted by atomic mass is 10.0. The van der Waals surface area contributed by atoms with E-state index < -0.39 is 0 Å². The highest BCUT2D eigenvalue weighted by molar-refractivity contribution is 7.80. The summed E-state index contributed by atoms with van der Waals surface area (Å²) < 4.78 is 2.04. The molecule has 2 aromatic carbocycles. The second kappa shape index (κ2) is 10.9. The van der Waals surface area contributed by atoms with Gasteiger partial charge in [0.15, 0.2) is 5.11 Å². The maximum absolute atomic E-state index is 12.9. The molecule has 1 saturated heterocycles. The largest absolute Gasteiger partial charge is 0.352 e. The minimum Gasteiger partial charge on any atom is -0.352 e. The van der Waals surface area contributed by atoms with Gasteiger partial charge in [0, 0.05) is 41.8 Å². The van der Waals surface area contributed by atoms with E-state index in [1.165, 1.54) is 0 Å². The quantitative estimate of drug-likeness (QED) is 0.258. The summed E-state index contributed by atoms with van der Waals surface area (Å²) in [6.07, 6.45) is 4.00. The van der Waals surface area contributed by atoms with E-state index in [1.54, 1.807) is 12.3 Å². The fraction of sp³-hybridized carbons (Fsp3) is 0.179. The molecule has 2 unspecified atom stereocenters. The predicted molar refractivity (Wildman–Crippen MR) is 152 cm³/mol. The minimum atomic E-state index is -0.226. The summed E-state index contributed by atoms with van der Waals surface area (Å²) in [7, 11) is 0. The second-order valence-corrected chi connectivity index (χ2v) is 10.1. The average molecular weight is 551 g/mol.